The van der Waals surface area contributed by atoms with Crippen LogP contribution < -0.4 is 9.47 Å². The van der Waals surface area contributed by atoms with Gasteiger partial charge in [-0.25, -0.2) is 0 Å². The van der Waals surface area contributed by atoms with Gasteiger partial charge in [0.2, 0.25) is 11.7 Å². The lowest BCUT2D eigenvalue weighted by Gasteiger charge is -2.07. The molecule has 0 N–H and O–H groups in total. The van der Waals surface area contributed by atoms with Crippen molar-refractivity contribution in [3.05, 3.63) is 54.4 Å². The molecule has 0 aliphatic heterocycles. The fraction of sp³-hybridized carbons (Fsp3) is 0.238. The minimum atomic E-state index is 0.447. The SMILES string of the molecule is CCn1c(SCc2nc(-c3cc(OC)ccc3OC)no2)nnc1-c1ccccc1. The molecule has 4 aromatic rings. The summed E-state index contributed by atoms with van der Waals surface area (Å²) in [5, 5.41) is 13.6. The van der Waals surface area contributed by atoms with Gasteiger partial charge in [0.05, 0.1) is 25.5 Å². The highest BCUT2D eigenvalue weighted by atomic mass is 32.2. The third-order valence-corrected chi connectivity index (χ3v) is 5.46. The largest absolute Gasteiger partial charge is 0.497 e. The highest BCUT2D eigenvalue weighted by molar-refractivity contribution is 7.98. The number of rotatable bonds is 8. The standard InChI is InChI=1S/C21H21N5O3S/c1-4-26-20(14-8-6-5-7-9-14)23-24-21(26)30-13-18-22-19(25-29-18)16-12-15(27-2)10-11-17(16)28-3/h5-12H,4,13H2,1-3H3. The van der Waals surface area contributed by atoms with Crippen LogP contribution in [0.3, 0.4) is 0 Å². The number of ether oxygens (including phenoxy) is 2. The van der Waals surface area contributed by atoms with Crippen LogP contribution in [-0.4, -0.2) is 39.1 Å². The van der Waals surface area contributed by atoms with E-state index in [4.69, 9.17) is 14.0 Å². The summed E-state index contributed by atoms with van der Waals surface area (Å²) in [6.45, 7) is 2.83. The van der Waals surface area contributed by atoms with Crippen LogP contribution in [0, 0.1) is 0 Å². The zero-order chi connectivity index (χ0) is 20.9. The van der Waals surface area contributed by atoms with Gasteiger partial charge in [-0.2, -0.15) is 4.98 Å². The zero-order valence-corrected chi connectivity index (χ0v) is 17.7. The Labute approximate surface area is 178 Å². The van der Waals surface area contributed by atoms with Crippen molar-refractivity contribution >= 4 is 11.8 Å². The van der Waals surface area contributed by atoms with Crippen LogP contribution in [0.2, 0.25) is 0 Å². The summed E-state index contributed by atoms with van der Waals surface area (Å²) in [5.74, 6) is 3.60. The Balaban J connectivity index is 1.53. The number of benzene rings is 2. The van der Waals surface area contributed by atoms with Gasteiger partial charge in [-0.05, 0) is 25.1 Å². The summed E-state index contributed by atoms with van der Waals surface area (Å²) in [6.07, 6.45) is 0. The normalized spacial score (nSPS) is 10.9. The molecule has 154 valence electrons. The molecule has 0 aliphatic carbocycles. The van der Waals surface area contributed by atoms with Crippen molar-refractivity contribution in [2.75, 3.05) is 14.2 Å². The van der Waals surface area contributed by atoms with Crippen molar-refractivity contribution in [2.45, 2.75) is 24.4 Å². The van der Waals surface area contributed by atoms with Crippen molar-refractivity contribution in [3.63, 3.8) is 0 Å². The van der Waals surface area contributed by atoms with Crippen LogP contribution in [0.1, 0.15) is 12.8 Å². The molecule has 2 aromatic heterocycles. The second-order valence-electron chi connectivity index (χ2n) is 6.28. The lowest BCUT2D eigenvalue weighted by Crippen LogP contribution is -1.99. The molecule has 0 spiro atoms. The molecule has 9 heteroatoms. The van der Waals surface area contributed by atoms with Gasteiger partial charge >= 0.3 is 0 Å². The van der Waals surface area contributed by atoms with Crippen LogP contribution in [0.25, 0.3) is 22.8 Å². The topological polar surface area (TPSA) is 88.1 Å². The van der Waals surface area contributed by atoms with Crippen molar-refractivity contribution in [1.82, 2.24) is 24.9 Å². The van der Waals surface area contributed by atoms with Crippen molar-refractivity contribution in [2.24, 2.45) is 0 Å². The average Bonchev–Trinajstić information content (AvgIpc) is 3.44. The van der Waals surface area contributed by atoms with E-state index >= 15 is 0 Å². The van der Waals surface area contributed by atoms with E-state index in [0.29, 0.717) is 34.5 Å². The number of nitrogens with zero attached hydrogens (tertiary/aromatic N) is 5. The van der Waals surface area contributed by atoms with Gasteiger partial charge in [-0.3, -0.25) is 0 Å². The van der Waals surface area contributed by atoms with E-state index in [2.05, 4.69) is 31.8 Å². The second kappa shape index (κ2) is 9.00. The quantitative estimate of drug-likeness (QED) is 0.387. The Hall–Kier alpha value is -3.33. The molecule has 0 radical (unpaired) electrons. The van der Waals surface area contributed by atoms with E-state index in [1.54, 1.807) is 14.2 Å². The first-order valence-electron chi connectivity index (χ1n) is 9.40. The van der Waals surface area contributed by atoms with Gasteiger partial charge in [0.15, 0.2) is 11.0 Å². The Morgan fingerprint density at radius 1 is 1.03 bits per heavy atom. The van der Waals surface area contributed by atoms with Crippen LogP contribution in [0.15, 0.2) is 58.2 Å². The second-order valence-corrected chi connectivity index (χ2v) is 7.23. The first kappa shape index (κ1) is 20.0. The maximum atomic E-state index is 5.44. The van der Waals surface area contributed by atoms with Crippen LogP contribution in [0.5, 0.6) is 11.5 Å². The molecule has 0 amide bonds. The number of aromatic nitrogens is 5. The summed E-state index contributed by atoms with van der Waals surface area (Å²) in [6, 6.07) is 15.5. The van der Waals surface area contributed by atoms with Crippen LogP contribution >= 0.6 is 11.8 Å². The maximum Gasteiger partial charge on any atom is 0.237 e. The summed E-state index contributed by atoms with van der Waals surface area (Å²) >= 11 is 1.50. The molecule has 8 nitrogen and oxygen atoms in total. The molecule has 0 unspecified atom stereocenters. The fourth-order valence-electron chi connectivity index (χ4n) is 3.02. The molecule has 0 saturated carbocycles. The number of hydrogen-bond donors (Lipinski definition) is 0. The minimum Gasteiger partial charge on any atom is -0.497 e. The van der Waals surface area contributed by atoms with Crippen molar-refractivity contribution < 1.29 is 14.0 Å². The molecule has 0 bridgehead atoms. The Morgan fingerprint density at radius 2 is 1.87 bits per heavy atom. The van der Waals surface area contributed by atoms with E-state index in [0.717, 1.165) is 23.1 Å². The van der Waals surface area contributed by atoms with Gasteiger partial charge in [-0.1, -0.05) is 47.3 Å². The van der Waals surface area contributed by atoms with Gasteiger partial charge in [-0.15, -0.1) is 10.2 Å². The maximum absolute atomic E-state index is 5.44. The van der Waals surface area contributed by atoms with Gasteiger partial charge in [0, 0.05) is 12.1 Å². The van der Waals surface area contributed by atoms with E-state index in [9.17, 15) is 0 Å². The smallest absolute Gasteiger partial charge is 0.237 e. The van der Waals surface area contributed by atoms with Crippen LogP contribution in [0.4, 0.5) is 0 Å². The fourth-order valence-corrected chi connectivity index (χ4v) is 3.86. The summed E-state index contributed by atoms with van der Waals surface area (Å²) in [7, 11) is 3.21. The molecule has 2 heterocycles. The van der Waals surface area contributed by atoms with Gasteiger partial charge in [0.25, 0.3) is 0 Å². The van der Waals surface area contributed by atoms with Gasteiger partial charge in [0.1, 0.15) is 11.5 Å². The lowest BCUT2D eigenvalue weighted by molar-refractivity contribution is 0.389. The molecular formula is C21H21N5O3S. The predicted octanol–water partition coefficient (Wildman–Crippen LogP) is 4.32. The highest BCUT2D eigenvalue weighted by Crippen LogP contribution is 2.32. The first-order chi connectivity index (χ1) is 14.7. The molecule has 0 atom stereocenters. The summed E-state index contributed by atoms with van der Waals surface area (Å²) in [4.78, 5) is 4.51. The third-order valence-electron chi connectivity index (χ3n) is 4.51. The van der Waals surface area contributed by atoms with E-state index in [-0.39, 0.29) is 0 Å². The number of thioether (sulfide) groups is 1. The zero-order valence-electron chi connectivity index (χ0n) is 16.9. The number of methoxy groups -OCH3 is 2. The Morgan fingerprint density at radius 3 is 2.60 bits per heavy atom. The van der Waals surface area contributed by atoms with Crippen LogP contribution in [-0.2, 0) is 12.3 Å². The first-order valence-corrected chi connectivity index (χ1v) is 10.4. The molecule has 0 aliphatic rings. The highest BCUT2D eigenvalue weighted by Gasteiger charge is 2.17. The molecule has 30 heavy (non-hydrogen) atoms. The van der Waals surface area contributed by atoms with Crippen molar-refractivity contribution in [3.8, 4) is 34.3 Å². The molecule has 0 saturated heterocycles. The van der Waals surface area contributed by atoms with E-state index in [1.165, 1.54) is 11.8 Å². The van der Waals surface area contributed by atoms with E-state index in [1.807, 2.05) is 48.5 Å². The molecule has 4 rings (SSSR count). The molecular weight excluding hydrogens is 402 g/mol. The Kier molecular flexibility index (Phi) is 5.99. The molecule has 2 aromatic carbocycles. The third kappa shape index (κ3) is 4.02. The monoisotopic (exact) mass is 423 g/mol. The van der Waals surface area contributed by atoms with Gasteiger partial charge < -0.3 is 18.6 Å². The predicted molar refractivity (Wildman–Crippen MR) is 114 cm³/mol. The number of hydrogen-bond acceptors (Lipinski definition) is 8. The average molecular weight is 423 g/mol. The molecule has 0 fully saturated rings. The minimum absolute atomic E-state index is 0.447. The summed E-state index contributed by atoms with van der Waals surface area (Å²) in [5.41, 5.74) is 1.74. The summed E-state index contributed by atoms with van der Waals surface area (Å²) < 4.78 is 18.2. The Bertz CT molecular complexity index is 1130. The van der Waals surface area contributed by atoms with Crippen molar-refractivity contribution in [1.29, 1.82) is 0 Å². The lowest BCUT2D eigenvalue weighted by atomic mass is 10.2. The van der Waals surface area contributed by atoms with E-state index < -0.39 is 0 Å².